The Morgan fingerprint density at radius 3 is 2.61 bits per heavy atom. The standard InChI is InChI=1S/C13H15N3OS/c1-10(17)15-9-3-2-4-11-5-7-12(8-6-11)16-13(14)18/h5-8H,3,9H2,1H3,(H,15,17)(H3,14,16,18). The first kappa shape index (κ1) is 14.0. The summed E-state index contributed by atoms with van der Waals surface area (Å²) in [5.41, 5.74) is 7.11. The third kappa shape index (κ3) is 5.87. The number of rotatable bonds is 3. The van der Waals surface area contributed by atoms with Crippen LogP contribution in [0.5, 0.6) is 0 Å². The zero-order valence-electron chi connectivity index (χ0n) is 10.1. The van der Waals surface area contributed by atoms with Crippen LogP contribution in [0.15, 0.2) is 24.3 Å². The summed E-state index contributed by atoms with van der Waals surface area (Å²) in [6.07, 6.45) is 0.631. The van der Waals surface area contributed by atoms with Gasteiger partial charge in [-0.15, -0.1) is 0 Å². The van der Waals surface area contributed by atoms with Gasteiger partial charge in [0.1, 0.15) is 0 Å². The molecule has 0 aliphatic carbocycles. The molecule has 0 saturated carbocycles. The van der Waals surface area contributed by atoms with E-state index < -0.39 is 0 Å². The minimum Gasteiger partial charge on any atom is -0.376 e. The summed E-state index contributed by atoms with van der Waals surface area (Å²) in [5, 5.41) is 5.76. The zero-order valence-corrected chi connectivity index (χ0v) is 10.9. The smallest absolute Gasteiger partial charge is 0.216 e. The molecule has 4 N–H and O–H groups in total. The lowest BCUT2D eigenvalue weighted by Gasteiger charge is -2.02. The molecule has 5 heteroatoms. The van der Waals surface area contributed by atoms with E-state index in [9.17, 15) is 4.79 Å². The van der Waals surface area contributed by atoms with Crippen LogP contribution in [0, 0.1) is 11.8 Å². The quantitative estimate of drug-likeness (QED) is 0.435. The average Bonchev–Trinajstić information content (AvgIpc) is 2.30. The topological polar surface area (TPSA) is 67.2 Å². The molecule has 4 nitrogen and oxygen atoms in total. The lowest BCUT2D eigenvalue weighted by atomic mass is 10.2. The first-order chi connectivity index (χ1) is 8.58. The van der Waals surface area contributed by atoms with E-state index in [1.807, 2.05) is 24.3 Å². The highest BCUT2D eigenvalue weighted by atomic mass is 32.1. The van der Waals surface area contributed by atoms with Crippen molar-refractivity contribution in [2.75, 3.05) is 11.9 Å². The average molecular weight is 261 g/mol. The van der Waals surface area contributed by atoms with E-state index in [-0.39, 0.29) is 11.0 Å². The van der Waals surface area contributed by atoms with Crippen LogP contribution in [0.4, 0.5) is 5.69 Å². The Balaban J connectivity index is 2.46. The fourth-order valence-electron chi connectivity index (χ4n) is 1.24. The highest BCUT2D eigenvalue weighted by molar-refractivity contribution is 7.80. The SMILES string of the molecule is CC(=O)NCCC#Cc1ccc(NC(N)=S)cc1. The van der Waals surface area contributed by atoms with E-state index in [0.717, 1.165) is 11.3 Å². The summed E-state index contributed by atoms with van der Waals surface area (Å²) in [7, 11) is 0. The van der Waals surface area contributed by atoms with Gasteiger partial charge in [0.15, 0.2) is 5.11 Å². The van der Waals surface area contributed by atoms with Gasteiger partial charge in [-0.2, -0.15) is 0 Å². The minimum absolute atomic E-state index is 0.0371. The maximum atomic E-state index is 10.6. The van der Waals surface area contributed by atoms with Crippen molar-refractivity contribution < 1.29 is 4.79 Å². The molecule has 18 heavy (non-hydrogen) atoms. The molecule has 1 amide bonds. The molecule has 1 rings (SSSR count). The second-order valence-corrected chi connectivity index (χ2v) is 4.04. The highest BCUT2D eigenvalue weighted by Crippen LogP contribution is 2.08. The summed E-state index contributed by atoms with van der Waals surface area (Å²) < 4.78 is 0. The maximum absolute atomic E-state index is 10.6. The summed E-state index contributed by atoms with van der Waals surface area (Å²) >= 11 is 4.73. The normalized spacial score (nSPS) is 8.94. The van der Waals surface area contributed by atoms with Crippen LogP contribution in [0.3, 0.4) is 0 Å². The largest absolute Gasteiger partial charge is 0.376 e. The van der Waals surface area contributed by atoms with E-state index in [4.69, 9.17) is 18.0 Å². The Morgan fingerprint density at radius 2 is 2.06 bits per heavy atom. The third-order valence-corrected chi connectivity index (χ3v) is 2.11. The van der Waals surface area contributed by atoms with Crippen LogP contribution < -0.4 is 16.4 Å². The molecule has 0 fully saturated rings. The number of hydrogen-bond acceptors (Lipinski definition) is 2. The lowest BCUT2D eigenvalue weighted by Crippen LogP contribution is -2.20. The van der Waals surface area contributed by atoms with Gasteiger partial charge in [-0.25, -0.2) is 0 Å². The number of carbonyl (C=O) groups is 1. The maximum Gasteiger partial charge on any atom is 0.216 e. The van der Waals surface area contributed by atoms with Gasteiger partial charge in [-0.3, -0.25) is 4.79 Å². The lowest BCUT2D eigenvalue weighted by molar-refractivity contribution is -0.118. The molecule has 0 unspecified atom stereocenters. The van der Waals surface area contributed by atoms with Crippen LogP contribution in [0.25, 0.3) is 0 Å². The van der Waals surface area contributed by atoms with Crippen LogP contribution in [0.1, 0.15) is 18.9 Å². The number of thiocarbonyl (C=S) groups is 1. The van der Waals surface area contributed by atoms with E-state index >= 15 is 0 Å². The first-order valence-corrected chi connectivity index (χ1v) is 5.88. The van der Waals surface area contributed by atoms with Crippen molar-refractivity contribution >= 4 is 28.9 Å². The second-order valence-electron chi connectivity index (χ2n) is 3.60. The molecule has 0 radical (unpaired) electrons. The van der Waals surface area contributed by atoms with Crippen molar-refractivity contribution in [1.82, 2.24) is 5.32 Å². The van der Waals surface area contributed by atoms with Crippen LogP contribution >= 0.6 is 12.2 Å². The van der Waals surface area contributed by atoms with Gasteiger partial charge < -0.3 is 16.4 Å². The highest BCUT2D eigenvalue weighted by Gasteiger charge is 1.92. The number of nitrogens with two attached hydrogens (primary N) is 1. The van der Waals surface area contributed by atoms with E-state index in [1.54, 1.807) is 0 Å². The molecular formula is C13H15N3OS. The van der Waals surface area contributed by atoms with Crippen LogP contribution in [0.2, 0.25) is 0 Å². The van der Waals surface area contributed by atoms with Gasteiger partial charge in [0.05, 0.1) is 0 Å². The number of nitrogens with one attached hydrogen (secondary N) is 2. The molecular weight excluding hydrogens is 246 g/mol. The molecule has 0 aliphatic rings. The molecule has 1 aromatic rings. The Hall–Kier alpha value is -2.06. The predicted molar refractivity (Wildman–Crippen MR) is 77.0 cm³/mol. The fraction of sp³-hybridized carbons (Fsp3) is 0.231. The van der Waals surface area contributed by atoms with Gasteiger partial charge in [0.25, 0.3) is 0 Å². The van der Waals surface area contributed by atoms with Crippen molar-refractivity contribution in [3.8, 4) is 11.8 Å². The van der Waals surface area contributed by atoms with Crippen molar-refractivity contribution in [3.63, 3.8) is 0 Å². The van der Waals surface area contributed by atoms with Crippen molar-refractivity contribution in [1.29, 1.82) is 0 Å². The zero-order chi connectivity index (χ0) is 13.4. The Morgan fingerprint density at radius 1 is 1.39 bits per heavy atom. The number of amides is 1. The first-order valence-electron chi connectivity index (χ1n) is 5.48. The third-order valence-electron chi connectivity index (χ3n) is 2.01. The molecule has 0 atom stereocenters. The predicted octanol–water partition coefficient (Wildman–Crippen LogP) is 1.22. The minimum atomic E-state index is -0.0371. The van der Waals surface area contributed by atoms with E-state index in [2.05, 4.69) is 22.5 Å². The molecule has 0 aromatic heterocycles. The number of anilines is 1. The Labute approximate surface area is 112 Å². The van der Waals surface area contributed by atoms with Crippen LogP contribution in [-0.2, 0) is 4.79 Å². The summed E-state index contributed by atoms with van der Waals surface area (Å²) in [6.45, 7) is 2.06. The molecule has 0 aliphatic heterocycles. The second kappa shape index (κ2) is 7.30. The molecule has 0 heterocycles. The van der Waals surface area contributed by atoms with Crippen molar-refractivity contribution in [3.05, 3.63) is 29.8 Å². The summed E-state index contributed by atoms with van der Waals surface area (Å²) in [5.74, 6) is 5.95. The van der Waals surface area contributed by atoms with E-state index in [0.29, 0.717) is 13.0 Å². The Bertz CT molecular complexity index is 485. The monoisotopic (exact) mass is 261 g/mol. The van der Waals surface area contributed by atoms with Crippen molar-refractivity contribution in [2.45, 2.75) is 13.3 Å². The number of carbonyl (C=O) groups excluding carboxylic acids is 1. The number of hydrogen-bond donors (Lipinski definition) is 3. The summed E-state index contributed by atoms with van der Waals surface area (Å²) in [4.78, 5) is 10.6. The van der Waals surface area contributed by atoms with Gasteiger partial charge in [0, 0.05) is 31.1 Å². The molecule has 0 saturated heterocycles. The van der Waals surface area contributed by atoms with Gasteiger partial charge >= 0.3 is 0 Å². The van der Waals surface area contributed by atoms with Crippen molar-refractivity contribution in [2.24, 2.45) is 5.73 Å². The van der Waals surface area contributed by atoms with Crippen LogP contribution in [-0.4, -0.2) is 17.6 Å². The van der Waals surface area contributed by atoms with Gasteiger partial charge in [-0.1, -0.05) is 11.8 Å². The summed E-state index contributed by atoms with van der Waals surface area (Å²) in [6, 6.07) is 7.48. The van der Waals surface area contributed by atoms with Gasteiger partial charge in [-0.05, 0) is 36.5 Å². The molecule has 94 valence electrons. The Kier molecular flexibility index (Phi) is 5.68. The molecule has 1 aromatic carbocycles. The number of benzene rings is 1. The fourth-order valence-corrected chi connectivity index (χ4v) is 1.36. The molecule has 0 bridgehead atoms. The van der Waals surface area contributed by atoms with E-state index in [1.165, 1.54) is 6.92 Å². The van der Waals surface area contributed by atoms with Gasteiger partial charge in [0.2, 0.25) is 5.91 Å². The molecule has 0 spiro atoms.